The Bertz CT molecular complexity index is 375. The van der Waals surface area contributed by atoms with Crippen LogP contribution in [0.5, 0.6) is 5.75 Å². The van der Waals surface area contributed by atoms with Crippen LogP contribution in [0.2, 0.25) is 0 Å². The summed E-state index contributed by atoms with van der Waals surface area (Å²) >= 11 is 6.94. The highest BCUT2D eigenvalue weighted by Gasteiger charge is 2.08. The first-order valence-corrected chi connectivity index (χ1v) is 7.32. The lowest BCUT2D eigenvalue weighted by molar-refractivity contribution is 0.292. The van der Waals surface area contributed by atoms with Crippen LogP contribution in [0.3, 0.4) is 0 Å². The zero-order valence-corrected chi connectivity index (χ0v) is 13.5. The molecule has 0 heterocycles. The number of aliphatic hydroxyl groups excluding tert-OH is 1. The second-order valence-corrected chi connectivity index (χ2v) is 5.50. The lowest BCUT2D eigenvalue weighted by atomic mass is 10.2. The van der Waals surface area contributed by atoms with Crippen molar-refractivity contribution in [3.8, 4) is 5.75 Å². The Balaban J connectivity index is 2.46. The van der Waals surface area contributed by atoms with E-state index in [1.165, 1.54) is 0 Å². The lowest BCUT2D eigenvalue weighted by Gasteiger charge is -2.12. The van der Waals surface area contributed by atoms with E-state index in [1.807, 2.05) is 12.1 Å². The van der Waals surface area contributed by atoms with Gasteiger partial charge in [0.2, 0.25) is 0 Å². The van der Waals surface area contributed by atoms with E-state index in [-0.39, 0.29) is 6.61 Å². The van der Waals surface area contributed by atoms with E-state index in [4.69, 9.17) is 9.84 Å². The maximum atomic E-state index is 8.62. The normalized spacial score (nSPS) is 10.7. The Labute approximate surface area is 124 Å². The van der Waals surface area contributed by atoms with Gasteiger partial charge in [-0.25, -0.2) is 0 Å². The summed E-state index contributed by atoms with van der Waals surface area (Å²) in [5.41, 5.74) is 1.10. The third-order valence-electron chi connectivity index (χ3n) is 2.37. The number of nitrogens with one attached hydrogen (secondary N) is 2. The van der Waals surface area contributed by atoms with Crippen LogP contribution in [0.25, 0.3) is 0 Å². The van der Waals surface area contributed by atoms with E-state index in [0.717, 1.165) is 39.9 Å². The van der Waals surface area contributed by atoms with Crippen LogP contribution in [0.4, 0.5) is 0 Å². The number of ether oxygens (including phenoxy) is 1. The Morgan fingerprint density at radius 1 is 1.17 bits per heavy atom. The van der Waals surface area contributed by atoms with Crippen LogP contribution in [0.15, 0.2) is 21.1 Å². The van der Waals surface area contributed by atoms with E-state index >= 15 is 0 Å². The molecule has 18 heavy (non-hydrogen) atoms. The van der Waals surface area contributed by atoms with Crippen LogP contribution in [-0.4, -0.2) is 38.5 Å². The van der Waals surface area contributed by atoms with Gasteiger partial charge in [0.1, 0.15) is 5.75 Å². The van der Waals surface area contributed by atoms with Gasteiger partial charge in [-0.05, 0) is 28.1 Å². The van der Waals surface area contributed by atoms with Gasteiger partial charge in [0.25, 0.3) is 0 Å². The molecule has 4 nitrogen and oxygen atoms in total. The van der Waals surface area contributed by atoms with Crippen LogP contribution in [0, 0.1) is 0 Å². The highest BCUT2D eigenvalue weighted by atomic mass is 79.9. The molecule has 0 saturated carbocycles. The molecule has 0 aliphatic carbocycles. The molecule has 102 valence electrons. The van der Waals surface area contributed by atoms with Gasteiger partial charge in [-0.15, -0.1) is 0 Å². The Morgan fingerprint density at radius 3 is 2.56 bits per heavy atom. The molecule has 0 saturated heterocycles. The van der Waals surface area contributed by atoms with Crippen molar-refractivity contribution in [2.45, 2.75) is 6.54 Å². The number of methoxy groups -OCH3 is 1. The summed E-state index contributed by atoms with van der Waals surface area (Å²) in [6.45, 7) is 3.22. The number of benzene rings is 1. The van der Waals surface area contributed by atoms with Gasteiger partial charge in [-0.1, -0.05) is 15.9 Å². The molecule has 1 aromatic rings. The molecule has 1 aromatic carbocycles. The molecule has 1 rings (SSSR count). The fraction of sp³-hybridized carbons (Fsp3) is 0.500. The Kier molecular flexibility index (Phi) is 7.85. The summed E-state index contributed by atoms with van der Waals surface area (Å²) < 4.78 is 7.33. The van der Waals surface area contributed by atoms with E-state index < -0.39 is 0 Å². The van der Waals surface area contributed by atoms with Gasteiger partial charge in [0, 0.05) is 36.2 Å². The van der Waals surface area contributed by atoms with Gasteiger partial charge in [-0.3, -0.25) is 0 Å². The topological polar surface area (TPSA) is 53.5 Å². The van der Waals surface area contributed by atoms with Crippen molar-refractivity contribution >= 4 is 31.9 Å². The summed E-state index contributed by atoms with van der Waals surface area (Å²) in [6.07, 6.45) is 0. The fourth-order valence-corrected chi connectivity index (χ4v) is 3.05. The smallest absolute Gasteiger partial charge is 0.137 e. The summed E-state index contributed by atoms with van der Waals surface area (Å²) in [5, 5.41) is 15.1. The summed E-state index contributed by atoms with van der Waals surface area (Å²) in [6, 6.07) is 4.00. The van der Waals surface area contributed by atoms with Crippen molar-refractivity contribution in [2.24, 2.45) is 0 Å². The molecule has 0 unspecified atom stereocenters. The minimum Gasteiger partial charge on any atom is -0.495 e. The predicted molar refractivity (Wildman–Crippen MR) is 80.1 cm³/mol. The van der Waals surface area contributed by atoms with E-state index in [9.17, 15) is 0 Å². The Morgan fingerprint density at radius 2 is 1.89 bits per heavy atom. The van der Waals surface area contributed by atoms with Gasteiger partial charge in [-0.2, -0.15) is 0 Å². The number of aliphatic hydroxyl groups is 1. The molecule has 0 aliphatic heterocycles. The molecule has 0 aliphatic rings. The third-order valence-corrected chi connectivity index (χ3v) is 3.42. The predicted octanol–water partition coefficient (Wildman–Crippen LogP) is 1.89. The first kappa shape index (κ1) is 15.9. The zero-order valence-electron chi connectivity index (χ0n) is 10.3. The largest absolute Gasteiger partial charge is 0.495 e. The van der Waals surface area contributed by atoms with Gasteiger partial charge in [0.05, 0.1) is 18.2 Å². The highest BCUT2D eigenvalue weighted by molar-refractivity contribution is 9.11. The van der Waals surface area contributed by atoms with Crippen LogP contribution >= 0.6 is 31.9 Å². The van der Waals surface area contributed by atoms with Gasteiger partial charge >= 0.3 is 0 Å². The number of rotatable bonds is 8. The molecule has 0 bridgehead atoms. The van der Waals surface area contributed by atoms with Gasteiger partial charge < -0.3 is 20.5 Å². The SMILES string of the molecule is COc1c(Br)cc(Br)cc1CNCCNCCO. The first-order chi connectivity index (χ1) is 8.69. The van der Waals surface area contributed by atoms with Crippen LogP contribution < -0.4 is 15.4 Å². The molecular formula is C12H18Br2N2O2. The molecule has 0 radical (unpaired) electrons. The molecule has 3 N–H and O–H groups in total. The Hall–Kier alpha value is -0.140. The second kappa shape index (κ2) is 8.87. The van der Waals surface area contributed by atoms with Crippen molar-refractivity contribution in [3.05, 3.63) is 26.6 Å². The first-order valence-electron chi connectivity index (χ1n) is 5.73. The number of hydrogen-bond acceptors (Lipinski definition) is 4. The standard InChI is InChI=1S/C12H18Br2N2O2/c1-18-12-9(6-10(13)7-11(12)14)8-16-3-2-15-4-5-17/h6-7,15-17H,2-5,8H2,1H3. The lowest BCUT2D eigenvalue weighted by Crippen LogP contribution is -2.28. The third kappa shape index (κ3) is 5.24. The number of halogens is 2. The molecule has 0 atom stereocenters. The van der Waals surface area contributed by atoms with E-state index in [0.29, 0.717) is 6.54 Å². The molecular weight excluding hydrogens is 364 g/mol. The van der Waals surface area contributed by atoms with Crippen molar-refractivity contribution < 1.29 is 9.84 Å². The zero-order chi connectivity index (χ0) is 13.4. The molecule has 0 fully saturated rings. The van der Waals surface area contributed by atoms with Crippen molar-refractivity contribution in [3.63, 3.8) is 0 Å². The monoisotopic (exact) mass is 380 g/mol. The molecule has 0 amide bonds. The molecule has 6 heteroatoms. The van der Waals surface area contributed by atoms with Crippen LogP contribution in [-0.2, 0) is 6.54 Å². The number of hydrogen-bond donors (Lipinski definition) is 3. The average molecular weight is 382 g/mol. The quantitative estimate of drug-likeness (QED) is 0.602. The maximum Gasteiger partial charge on any atom is 0.137 e. The van der Waals surface area contributed by atoms with Crippen molar-refractivity contribution in [1.29, 1.82) is 0 Å². The van der Waals surface area contributed by atoms with Gasteiger partial charge in [0.15, 0.2) is 0 Å². The highest BCUT2D eigenvalue weighted by Crippen LogP contribution is 2.32. The minimum absolute atomic E-state index is 0.173. The second-order valence-electron chi connectivity index (χ2n) is 3.73. The van der Waals surface area contributed by atoms with E-state index in [1.54, 1.807) is 7.11 Å². The average Bonchev–Trinajstić information content (AvgIpc) is 2.33. The summed E-state index contributed by atoms with van der Waals surface area (Å²) in [4.78, 5) is 0. The van der Waals surface area contributed by atoms with Crippen molar-refractivity contribution in [1.82, 2.24) is 10.6 Å². The minimum atomic E-state index is 0.173. The molecule has 0 aromatic heterocycles. The maximum absolute atomic E-state index is 8.62. The molecule has 0 spiro atoms. The van der Waals surface area contributed by atoms with Crippen LogP contribution in [0.1, 0.15) is 5.56 Å². The van der Waals surface area contributed by atoms with Crippen molar-refractivity contribution in [2.75, 3.05) is 33.4 Å². The fourth-order valence-electron chi connectivity index (χ4n) is 1.58. The van der Waals surface area contributed by atoms with E-state index in [2.05, 4.69) is 42.5 Å². The summed E-state index contributed by atoms with van der Waals surface area (Å²) in [5.74, 6) is 0.856. The summed E-state index contributed by atoms with van der Waals surface area (Å²) in [7, 11) is 1.67.